The quantitative estimate of drug-likeness (QED) is 0.386. The van der Waals surface area contributed by atoms with Crippen LogP contribution < -0.4 is 10.1 Å². The molecule has 1 aliphatic rings. The first kappa shape index (κ1) is 21.5. The van der Waals surface area contributed by atoms with Gasteiger partial charge in [0, 0.05) is 60.5 Å². The third-order valence-corrected chi connectivity index (χ3v) is 4.90. The number of ether oxygens (including phenoxy) is 3. The molecular formula is C21H35N3O3. The highest BCUT2D eigenvalue weighted by Crippen LogP contribution is 2.18. The Kier molecular flexibility index (Phi) is 10.0. The van der Waals surface area contributed by atoms with Gasteiger partial charge in [-0.2, -0.15) is 0 Å². The fraction of sp³-hybridized carbons (Fsp3) is 0.667. The van der Waals surface area contributed by atoms with Gasteiger partial charge in [-0.1, -0.05) is 12.1 Å². The van der Waals surface area contributed by atoms with E-state index >= 15 is 0 Å². The van der Waals surface area contributed by atoms with E-state index < -0.39 is 0 Å². The minimum Gasteiger partial charge on any atom is -0.493 e. The fourth-order valence-electron chi connectivity index (χ4n) is 3.22. The predicted molar refractivity (Wildman–Crippen MR) is 109 cm³/mol. The highest BCUT2D eigenvalue weighted by molar-refractivity contribution is 5.79. The van der Waals surface area contributed by atoms with E-state index in [0.29, 0.717) is 6.61 Å². The van der Waals surface area contributed by atoms with E-state index in [2.05, 4.69) is 34.4 Å². The normalized spacial score (nSPS) is 15.6. The summed E-state index contributed by atoms with van der Waals surface area (Å²) in [6.45, 7) is 4.94. The first-order valence-corrected chi connectivity index (χ1v) is 9.93. The number of methoxy groups -OCH3 is 1. The Morgan fingerprint density at radius 3 is 2.85 bits per heavy atom. The molecule has 0 atom stereocenters. The summed E-state index contributed by atoms with van der Waals surface area (Å²) < 4.78 is 16.3. The van der Waals surface area contributed by atoms with Gasteiger partial charge < -0.3 is 24.4 Å². The van der Waals surface area contributed by atoms with Gasteiger partial charge in [-0.25, -0.2) is 0 Å². The molecule has 1 aromatic rings. The van der Waals surface area contributed by atoms with Crippen LogP contribution in [0.4, 0.5) is 0 Å². The number of guanidine groups is 1. The lowest BCUT2D eigenvalue weighted by Crippen LogP contribution is -2.39. The smallest absolute Gasteiger partial charge is 0.193 e. The van der Waals surface area contributed by atoms with Crippen molar-refractivity contribution in [2.24, 2.45) is 10.9 Å². The maximum absolute atomic E-state index is 5.78. The first-order chi connectivity index (χ1) is 13.2. The highest BCUT2D eigenvalue weighted by Gasteiger charge is 2.15. The van der Waals surface area contributed by atoms with E-state index in [1.54, 1.807) is 7.11 Å². The number of hydrogen-bond donors (Lipinski definition) is 1. The van der Waals surface area contributed by atoms with Crippen LogP contribution in [0.3, 0.4) is 0 Å². The Balaban J connectivity index is 1.75. The zero-order valence-electron chi connectivity index (χ0n) is 17.1. The summed E-state index contributed by atoms with van der Waals surface area (Å²) >= 11 is 0. The van der Waals surface area contributed by atoms with Crippen LogP contribution in [-0.4, -0.2) is 65.0 Å². The van der Waals surface area contributed by atoms with E-state index in [4.69, 9.17) is 14.2 Å². The summed E-state index contributed by atoms with van der Waals surface area (Å²) in [6.07, 6.45) is 4.43. The zero-order valence-corrected chi connectivity index (χ0v) is 17.1. The van der Waals surface area contributed by atoms with E-state index in [0.717, 1.165) is 57.0 Å². The van der Waals surface area contributed by atoms with Gasteiger partial charge >= 0.3 is 0 Å². The van der Waals surface area contributed by atoms with Gasteiger partial charge in [0.1, 0.15) is 5.75 Å². The predicted octanol–water partition coefficient (Wildman–Crippen LogP) is 2.93. The molecule has 0 aliphatic carbocycles. The summed E-state index contributed by atoms with van der Waals surface area (Å²) in [7, 11) is 5.65. The van der Waals surface area contributed by atoms with Gasteiger partial charge in [-0.05, 0) is 42.9 Å². The van der Waals surface area contributed by atoms with Gasteiger partial charge in [0.05, 0.1) is 6.61 Å². The molecule has 152 valence electrons. The third kappa shape index (κ3) is 8.18. The molecule has 1 aliphatic heterocycles. The van der Waals surface area contributed by atoms with Gasteiger partial charge in [-0.3, -0.25) is 4.99 Å². The average molecular weight is 378 g/mol. The van der Waals surface area contributed by atoms with Crippen molar-refractivity contribution in [3.8, 4) is 5.75 Å². The van der Waals surface area contributed by atoms with Crippen LogP contribution in [0.15, 0.2) is 29.3 Å². The van der Waals surface area contributed by atoms with Gasteiger partial charge in [0.15, 0.2) is 5.96 Å². The third-order valence-electron chi connectivity index (χ3n) is 4.90. The van der Waals surface area contributed by atoms with Crippen molar-refractivity contribution in [2.45, 2.75) is 32.2 Å². The van der Waals surface area contributed by atoms with E-state index in [1.165, 1.54) is 24.8 Å². The lowest BCUT2D eigenvalue weighted by Gasteiger charge is -2.26. The second-order valence-corrected chi connectivity index (χ2v) is 7.01. The van der Waals surface area contributed by atoms with Crippen LogP contribution in [0, 0.1) is 5.92 Å². The molecule has 6 nitrogen and oxygen atoms in total. The molecule has 0 bridgehead atoms. The maximum atomic E-state index is 5.78. The topological polar surface area (TPSA) is 55.3 Å². The van der Waals surface area contributed by atoms with Crippen molar-refractivity contribution in [1.29, 1.82) is 0 Å². The minimum absolute atomic E-state index is 0.668. The van der Waals surface area contributed by atoms with Crippen LogP contribution >= 0.6 is 0 Å². The average Bonchev–Trinajstić information content (AvgIpc) is 2.71. The molecule has 1 saturated heterocycles. The largest absolute Gasteiger partial charge is 0.493 e. The van der Waals surface area contributed by atoms with Crippen molar-refractivity contribution in [3.05, 3.63) is 29.8 Å². The lowest BCUT2D eigenvalue weighted by atomic mass is 9.96. The highest BCUT2D eigenvalue weighted by atomic mass is 16.5. The molecular weight excluding hydrogens is 342 g/mol. The number of benzene rings is 1. The van der Waals surface area contributed by atoms with Crippen molar-refractivity contribution in [1.82, 2.24) is 10.2 Å². The zero-order chi connectivity index (χ0) is 19.3. The fourth-order valence-corrected chi connectivity index (χ4v) is 3.22. The number of aliphatic imine (C=N–C) groups is 1. The van der Waals surface area contributed by atoms with Crippen LogP contribution in [0.25, 0.3) is 0 Å². The van der Waals surface area contributed by atoms with E-state index in [1.807, 2.05) is 19.2 Å². The molecule has 1 N–H and O–H groups in total. The van der Waals surface area contributed by atoms with E-state index in [9.17, 15) is 0 Å². The summed E-state index contributed by atoms with van der Waals surface area (Å²) in [6, 6.07) is 8.20. The number of nitrogens with one attached hydrogen (secondary N) is 1. The summed E-state index contributed by atoms with van der Waals surface area (Å²) in [5, 5.41) is 3.45. The summed E-state index contributed by atoms with van der Waals surface area (Å²) in [5.74, 6) is 2.59. The number of rotatable bonds is 10. The molecule has 0 unspecified atom stereocenters. The Labute approximate surface area is 163 Å². The summed E-state index contributed by atoms with van der Waals surface area (Å²) in [4.78, 5) is 6.63. The molecule has 1 heterocycles. The maximum Gasteiger partial charge on any atom is 0.193 e. The molecule has 6 heteroatoms. The molecule has 0 spiro atoms. The van der Waals surface area contributed by atoms with Crippen molar-refractivity contribution >= 4 is 5.96 Å². The van der Waals surface area contributed by atoms with Crippen LogP contribution in [0.2, 0.25) is 0 Å². The Morgan fingerprint density at radius 2 is 2.11 bits per heavy atom. The molecule has 0 saturated carbocycles. The van der Waals surface area contributed by atoms with Crippen LogP contribution in [0.1, 0.15) is 31.2 Å². The first-order valence-electron chi connectivity index (χ1n) is 9.93. The van der Waals surface area contributed by atoms with Crippen LogP contribution in [-0.2, 0) is 16.0 Å². The molecule has 1 aromatic carbocycles. The molecule has 0 radical (unpaired) electrons. The molecule has 27 heavy (non-hydrogen) atoms. The number of hydrogen-bond acceptors (Lipinski definition) is 4. The van der Waals surface area contributed by atoms with Crippen molar-refractivity contribution in [3.63, 3.8) is 0 Å². The summed E-state index contributed by atoms with van der Waals surface area (Å²) in [5.41, 5.74) is 1.18. The SMILES string of the molecule is CN=C(NCc1cccc(OCCCOC)c1)N(C)CCC1CCOCC1. The van der Waals surface area contributed by atoms with Crippen LogP contribution in [0.5, 0.6) is 5.75 Å². The van der Waals surface area contributed by atoms with Crippen molar-refractivity contribution < 1.29 is 14.2 Å². The minimum atomic E-state index is 0.668. The second kappa shape index (κ2) is 12.6. The molecule has 1 fully saturated rings. The lowest BCUT2D eigenvalue weighted by molar-refractivity contribution is 0.0625. The Bertz CT molecular complexity index is 559. The number of nitrogens with zero attached hydrogens (tertiary/aromatic N) is 2. The molecule has 2 rings (SSSR count). The van der Waals surface area contributed by atoms with E-state index in [-0.39, 0.29) is 0 Å². The van der Waals surface area contributed by atoms with Gasteiger partial charge in [0.2, 0.25) is 0 Å². The Hall–Kier alpha value is -1.79. The van der Waals surface area contributed by atoms with Crippen molar-refractivity contribution in [2.75, 3.05) is 54.2 Å². The molecule has 0 aromatic heterocycles. The van der Waals surface area contributed by atoms with Gasteiger partial charge in [-0.15, -0.1) is 0 Å². The monoisotopic (exact) mass is 377 g/mol. The molecule has 0 amide bonds. The second-order valence-electron chi connectivity index (χ2n) is 7.01. The van der Waals surface area contributed by atoms with Gasteiger partial charge in [0.25, 0.3) is 0 Å². The Morgan fingerprint density at radius 1 is 1.30 bits per heavy atom. The standard InChI is InChI=1S/C21H35N3O3/c1-22-21(24(2)11-8-18-9-14-26-15-10-18)23-17-19-6-4-7-20(16-19)27-13-5-12-25-3/h4,6-7,16,18H,5,8-15,17H2,1-3H3,(H,22,23).